The molecule has 1 aliphatic heterocycles. The second-order valence-electron chi connectivity index (χ2n) is 13.5. The van der Waals surface area contributed by atoms with Crippen molar-refractivity contribution in [3.8, 4) is 0 Å². The lowest BCUT2D eigenvalue weighted by Gasteiger charge is -2.52. The number of hydrogen-bond acceptors (Lipinski definition) is 8. The first kappa shape index (κ1) is 30.9. The molecule has 0 radical (unpaired) electrons. The van der Waals surface area contributed by atoms with Gasteiger partial charge in [0.15, 0.2) is 0 Å². The molecular formula is C31H55N3O5. The average Bonchev–Trinajstić information content (AvgIpc) is 2.90. The summed E-state index contributed by atoms with van der Waals surface area (Å²) in [5.41, 5.74) is 0. The van der Waals surface area contributed by atoms with E-state index in [4.69, 9.17) is 9.47 Å². The third-order valence-corrected chi connectivity index (χ3v) is 10.3. The van der Waals surface area contributed by atoms with Crippen LogP contribution in [0, 0.1) is 41.4 Å². The lowest BCUT2D eigenvalue weighted by Crippen LogP contribution is -2.74. The van der Waals surface area contributed by atoms with Crippen LogP contribution in [0.2, 0.25) is 0 Å². The summed E-state index contributed by atoms with van der Waals surface area (Å²) in [5.74, 6) is 3.69. The molecule has 4 aliphatic rings. The van der Waals surface area contributed by atoms with Crippen molar-refractivity contribution in [2.24, 2.45) is 41.4 Å². The van der Waals surface area contributed by atoms with E-state index in [-0.39, 0.29) is 43.7 Å². The van der Waals surface area contributed by atoms with Crippen LogP contribution in [-0.4, -0.2) is 66.2 Å². The van der Waals surface area contributed by atoms with Crippen LogP contribution in [-0.2, 0) is 14.3 Å². The molecule has 0 aromatic rings. The van der Waals surface area contributed by atoms with Gasteiger partial charge in [-0.2, -0.15) is 0 Å². The van der Waals surface area contributed by atoms with Gasteiger partial charge in [-0.05, 0) is 80.5 Å². The van der Waals surface area contributed by atoms with Crippen LogP contribution in [0.25, 0.3) is 0 Å². The van der Waals surface area contributed by atoms with E-state index in [1.54, 1.807) is 0 Å². The largest absolute Gasteiger partial charge is 0.460 e. The van der Waals surface area contributed by atoms with E-state index < -0.39 is 18.2 Å². The maximum Gasteiger partial charge on any atom is 0.330 e. The van der Waals surface area contributed by atoms with Gasteiger partial charge in [-0.25, -0.2) is 4.79 Å². The highest BCUT2D eigenvalue weighted by Crippen LogP contribution is 2.40. The standard InChI is InChI=1S/C31H55N3O5/c1-6-28(37)39-17-22(35)16-38-23-9-12-26(27(36)15-23)31-33-29(24-10-7-18(2)13-20(24)4)32-30(34-31)25-11-8-19(3)14-21(25)5/h6,18-27,29-36H,1,7-17H2,2-5H3. The van der Waals surface area contributed by atoms with Crippen molar-refractivity contribution in [2.45, 2.75) is 122 Å². The zero-order chi connectivity index (χ0) is 28.1. The number of nitrogens with one attached hydrogen (secondary N) is 3. The Bertz CT molecular complexity index is 764. The topological polar surface area (TPSA) is 112 Å². The number of carbonyl (C=O) groups excluding carboxylic acids is 1. The zero-order valence-corrected chi connectivity index (χ0v) is 24.7. The molecule has 0 aromatic heterocycles. The first-order valence-corrected chi connectivity index (χ1v) is 15.7. The van der Waals surface area contributed by atoms with Crippen LogP contribution in [0.15, 0.2) is 12.7 Å². The van der Waals surface area contributed by atoms with E-state index in [1.807, 2.05) is 0 Å². The molecule has 5 N–H and O–H groups in total. The summed E-state index contributed by atoms with van der Waals surface area (Å²) < 4.78 is 10.8. The minimum absolute atomic E-state index is 0.0548. The van der Waals surface area contributed by atoms with Crippen molar-refractivity contribution in [3.05, 3.63) is 12.7 Å². The van der Waals surface area contributed by atoms with E-state index in [9.17, 15) is 15.0 Å². The van der Waals surface area contributed by atoms with Crippen LogP contribution in [0.1, 0.15) is 85.5 Å². The monoisotopic (exact) mass is 549 g/mol. The third kappa shape index (κ3) is 8.26. The quantitative estimate of drug-likeness (QED) is 0.219. The number of aliphatic hydroxyl groups excluding tert-OH is 2. The molecule has 39 heavy (non-hydrogen) atoms. The molecule has 224 valence electrons. The fourth-order valence-electron chi connectivity index (χ4n) is 8.04. The Kier molecular flexibility index (Phi) is 11.3. The second-order valence-corrected chi connectivity index (χ2v) is 13.5. The van der Waals surface area contributed by atoms with Crippen LogP contribution in [0.4, 0.5) is 0 Å². The summed E-state index contributed by atoms with van der Waals surface area (Å²) >= 11 is 0. The van der Waals surface area contributed by atoms with Crippen LogP contribution in [0.3, 0.4) is 0 Å². The molecule has 0 bridgehead atoms. The molecule has 3 saturated carbocycles. The Morgan fingerprint density at radius 1 is 0.821 bits per heavy atom. The van der Waals surface area contributed by atoms with E-state index in [1.165, 1.54) is 38.5 Å². The number of carbonyl (C=O) groups is 1. The van der Waals surface area contributed by atoms with Gasteiger partial charge in [-0.1, -0.05) is 47.1 Å². The predicted octanol–water partition coefficient (Wildman–Crippen LogP) is 3.53. The lowest BCUT2D eigenvalue weighted by molar-refractivity contribution is -0.143. The maximum absolute atomic E-state index is 11.3. The molecular weight excluding hydrogens is 494 g/mol. The Hall–Kier alpha value is -1.03. The zero-order valence-electron chi connectivity index (χ0n) is 24.7. The number of hydrogen-bond donors (Lipinski definition) is 5. The average molecular weight is 550 g/mol. The van der Waals surface area contributed by atoms with E-state index in [2.05, 4.69) is 50.2 Å². The smallest absolute Gasteiger partial charge is 0.330 e. The molecule has 1 heterocycles. The van der Waals surface area contributed by atoms with Crippen LogP contribution < -0.4 is 16.0 Å². The van der Waals surface area contributed by atoms with Gasteiger partial charge in [0, 0.05) is 12.0 Å². The van der Waals surface area contributed by atoms with Gasteiger partial charge in [-0.3, -0.25) is 16.0 Å². The van der Waals surface area contributed by atoms with Crippen molar-refractivity contribution < 1.29 is 24.5 Å². The Balaban J connectivity index is 1.37. The molecule has 12 atom stereocenters. The van der Waals surface area contributed by atoms with E-state index in [0.29, 0.717) is 30.1 Å². The van der Waals surface area contributed by atoms with E-state index >= 15 is 0 Å². The normalized spacial score (nSPS) is 44.4. The first-order valence-electron chi connectivity index (χ1n) is 15.7. The number of aliphatic hydroxyl groups is 2. The third-order valence-electron chi connectivity index (χ3n) is 10.3. The maximum atomic E-state index is 11.3. The summed E-state index contributed by atoms with van der Waals surface area (Å²) in [6, 6.07) is 0. The van der Waals surface area contributed by atoms with Crippen molar-refractivity contribution in [1.82, 2.24) is 16.0 Å². The van der Waals surface area contributed by atoms with Crippen LogP contribution >= 0.6 is 0 Å². The second kappa shape index (κ2) is 14.2. The van der Waals surface area contributed by atoms with Gasteiger partial charge in [0.05, 0.1) is 37.3 Å². The molecule has 3 aliphatic carbocycles. The lowest BCUT2D eigenvalue weighted by atomic mass is 9.71. The molecule has 0 spiro atoms. The molecule has 4 fully saturated rings. The van der Waals surface area contributed by atoms with Gasteiger partial charge in [0.2, 0.25) is 0 Å². The summed E-state index contributed by atoms with van der Waals surface area (Å²) in [6.07, 6.45) is 10.0. The minimum atomic E-state index is -0.890. The summed E-state index contributed by atoms with van der Waals surface area (Å²) in [7, 11) is 0. The highest BCUT2D eigenvalue weighted by molar-refractivity contribution is 5.81. The molecule has 8 nitrogen and oxygen atoms in total. The Morgan fingerprint density at radius 2 is 1.33 bits per heavy atom. The van der Waals surface area contributed by atoms with Gasteiger partial charge >= 0.3 is 5.97 Å². The number of ether oxygens (including phenoxy) is 2. The summed E-state index contributed by atoms with van der Waals surface area (Å²) in [4.78, 5) is 11.2. The van der Waals surface area contributed by atoms with Crippen LogP contribution in [0.5, 0.6) is 0 Å². The first-order chi connectivity index (χ1) is 18.6. The summed E-state index contributed by atoms with van der Waals surface area (Å²) in [5, 5.41) is 33.3. The van der Waals surface area contributed by atoms with Crippen molar-refractivity contribution in [2.75, 3.05) is 13.2 Å². The molecule has 12 unspecified atom stereocenters. The SMILES string of the molecule is C=CC(=O)OCC(O)COC1CCC(C2NC(C3CCC(C)CC3C)NC(C3CCC(C)CC3C)N2)C(O)C1. The van der Waals surface area contributed by atoms with Gasteiger partial charge in [0.25, 0.3) is 0 Å². The van der Waals surface area contributed by atoms with Gasteiger partial charge in [-0.15, -0.1) is 0 Å². The Labute approximate surface area is 236 Å². The predicted molar refractivity (Wildman–Crippen MR) is 152 cm³/mol. The highest BCUT2D eigenvalue weighted by Gasteiger charge is 2.45. The molecule has 0 aromatic carbocycles. The van der Waals surface area contributed by atoms with Crippen molar-refractivity contribution in [1.29, 1.82) is 0 Å². The highest BCUT2D eigenvalue weighted by atomic mass is 16.5. The molecule has 4 rings (SSSR count). The molecule has 1 saturated heterocycles. The van der Waals surface area contributed by atoms with Gasteiger partial charge < -0.3 is 19.7 Å². The van der Waals surface area contributed by atoms with E-state index in [0.717, 1.165) is 30.8 Å². The minimum Gasteiger partial charge on any atom is -0.460 e. The van der Waals surface area contributed by atoms with Gasteiger partial charge in [0.1, 0.15) is 12.7 Å². The Morgan fingerprint density at radius 3 is 1.82 bits per heavy atom. The summed E-state index contributed by atoms with van der Waals surface area (Å²) in [6.45, 7) is 12.9. The number of esters is 1. The van der Waals surface area contributed by atoms with Crippen molar-refractivity contribution in [3.63, 3.8) is 0 Å². The fourth-order valence-corrected chi connectivity index (χ4v) is 8.04. The fraction of sp³-hybridized carbons (Fsp3) is 0.903. The number of rotatable bonds is 9. The molecule has 8 heteroatoms. The van der Waals surface area contributed by atoms with Crippen molar-refractivity contribution >= 4 is 5.97 Å². The molecule has 0 amide bonds.